The van der Waals surface area contributed by atoms with Gasteiger partial charge in [0.05, 0.1) is 42.2 Å². The number of benzene rings is 1. The van der Waals surface area contributed by atoms with Gasteiger partial charge in [-0.2, -0.15) is 0 Å². The number of carbonyl (C=O) groups is 7. The van der Waals surface area contributed by atoms with E-state index in [0.717, 1.165) is 44.2 Å². The maximum absolute atomic E-state index is 14.5. The van der Waals surface area contributed by atoms with E-state index >= 15 is 0 Å². The van der Waals surface area contributed by atoms with Crippen LogP contribution in [0.4, 0.5) is 0 Å². The quantitative estimate of drug-likeness (QED) is 0.0906. The fourth-order valence-corrected chi connectivity index (χ4v) is 10.1. The number of imide groups is 2. The van der Waals surface area contributed by atoms with Gasteiger partial charge < -0.3 is 25.0 Å². The van der Waals surface area contributed by atoms with Crippen LogP contribution >= 0.6 is 0 Å². The summed E-state index contributed by atoms with van der Waals surface area (Å²) < 4.78 is 12.2. The van der Waals surface area contributed by atoms with Crippen LogP contribution in [0.15, 0.2) is 42.5 Å². The van der Waals surface area contributed by atoms with Gasteiger partial charge in [0.1, 0.15) is 6.04 Å². The van der Waals surface area contributed by atoms with Crippen molar-refractivity contribution in [2.75, 3.05) is 54.5 Å². The molecule has 1 aromatic rings. The Morgan fingerprint density at radius 2 is 1.55 bits per heavy atom. The van der Waals surface area contributed by atoms with E-state index < -0.39 is 41.8 Å². The van der Waals surface area contributed by atoms with E-state index in [-0.39, 0.29) is 72.1 Å². The van der Waals surface area contributed by atoms with Crippen LogP contribution in [0.25, 0.3) is 0 Å². The van der Waals surface area contributed by atoms with Crippen LogP contribution in [0.5, 0.6) is 0 Å². The zero-order valence-corrected chi connectivity index (χ0v) is 41.3. The Hall–Kier alpha value is -4.51. The Morgan fingerprint density at radius 3 is 2.14 bits per heavy atom. The molecule has 2 fully saturated rings. The Bertz CT molecular complexity index is 1830. The van der Waals surface area contributed by atoms with E-state index in [2.05, 4.69) is 29.8 Å². The summed E-state index contributed by atoms with van der Waals surface area (Å²) in [6.07, 6.45) is 8.21. The monoisotopic (exact) mass is 922 g/mol. The molecule has 3 heterocycles. The number of amides is 7. The van der Waals surface area contributed by atoms with Crippen molar-refractivity contribution in [3.05, 3.63) is 48.0 Å². The van der Waals surface area contributed by atoms with Crippen LogP contribution in [0, 0.1) is 17.8 Å². The summed E-state index contributed by atoms with van der Waals surface area (Å²) in [7, 11) is 6.91. The number of hydrogen-bond acceptors (Lipinski definition) is 11. The highest BCUT2D eigenvalue weighted by Crippen LogP contribution is 2.31. The highest BCUT2D eigenvalue weighted by molar-refractivity contribution is 6.12. The van der Waals surface area contributed by atoms with Gasteiger partial charge in [-0.3, -0.25) is 53.6 Å². The number of nitrogens with one attached hydrogen (secondary N) is 3. The molecule has 4 rings (SSSR count). The van der Waals surface area contributed by atoms with E-state index in [1.165, 1.54) is 17.1 Å². The Labute approximate surface area is 393 Å². The molecule has 16 nitrogen and oxygen atoms in total. The van der Waals surface area contributed by atoms with Gasteiger partial charge in [0.15, 0.2) is 0 Å². The first kappa shape index (κ1) is 54.1. The van der Waals surface area contributed by atoms with Gasteiger partial charge in [0, 0.05) is 58.5 Å². The molecule has 2 saturated heterocycles. The lowest BCUT2D eigenvalue weighted by atomic mass is 9.87. The SMILES string of the molecule is CC[C@H](C)[C@@H]([C@@H](CC(=O)N1CCC[C@H]1[C@H](OC)[C@@H](C)C(=O)N[C@@H](Cc1ccccc1)C(=O)NCCCCCCN1C(=O)C=CC1=O)OC)N(C)[C@H](C(=O)NC(=O)[C@]1(C)CCCN1C)C(C)C. The average Bonchev–Trinajstić information content (AvgIpc) is 4.00. The standard InChI is InChI=1S/C50H79N7O9/c1-11-34(4)44(55(8)43(33(2)3)48(63)53-49(64)50(6)26-20-28-54(50)7)39(65-9)32-42(60)56-30-19-23-38(56)45(66-10)35(5)46(61)52-37(31-36-21-15-14-16-22-36)47(62)51-27-17-12-13-18-29-57-40(58)24-25-41(57)59/h14-16,21-22,24-25,33-35,37-39,43-45H,11-13,17-20,23,26-32H2,1-10H3,(H,51,62)(H,52,61)(H,53,63,64)/t34-,35+,37-,38-,39+,43-,44-,45+,50-/m0/s1. The fraction of sp³-hybridized carbons (Fsp3) is 0.700. The van der Waals surface area contributed by atoms with Gasteiger partial charge in [-0.15, -0.1) is 0 Å². The highest BCUT2D eigenvalue weighted by Gasteiger charge is 2.46. The summed E-state index contributed by atoms with van der Waals surface area (Å²) in [5.41, 5.74) is 0.121. The Kier molecular flexibility index (Phi) is 21.0. The van der Waals surface area contributed by atoms with E-state index in [0.29, 0.717) is 45.3 Å². The Morgan fingerprint density at radius 1 is 0.879 bits per heavy atom. The zero-order valence-electron chi connectivity index (χ0n) is 41.3. The summed E-state index contributed by atoms with van der Waals surface area (Å²) >= 11 is 0. The molecule has 3 N–H and O–H groups in total. The predicted molar refractivity (Wildman–Crippen MR) is 253 cm³/mol. The molecular weight excluding hydrogens is 843 g/mol. The third-order valence-corrected chi connectivity index (χ3v) is 14.4. The van der Waals surface area contributed by atoms with Gasteiger partial charge >= 0.3 is 0 Å². The first-order valence-corrected chi connectivity index (χ1v) is 24.2. The van der Waals surface area contributed by atoms with Crippen molar-refractivity contribution >= 4 is 41.4 Å². The highest BCUT2D eigenvalue weighted by atomic mass is 16.5. The summed E-state index contributed by atoms with van der Waals surface area (Å²) in [6, 6.07) is 7.19. The smallest absolute Gasteiger partial charge is 0.253 e. The number of nitrogens with zero attached hydrogens (tertiary/aromatic N) is 4. The van der Waals surface area contributed by atoms with Gasteiger partial charge in [-0.1, -0.05) is 84.2 Å². The molecule has 0 spiro atoms. The second-order valence-corrected chi connectivity index (χ2v) is 19.2. The van der Waals surface area contributed by atoms with Crippen LogP contribution in [0.2, 0.25) is 0 Å². The van der Waals surface area contributed by atoms with Crippen molar-refractivity contribution in [1.29, 1.82) is 0 Å². The molecule has 16 heteroatoms. The normalized spacial score (nSPS) is 22.0. The average molecular weight is 922 g/mol. The lowest BCUT2D eigenvalue weighted by Gasteiger charge is -2.43. The molecule has 3 aliphatic heterocycles. The van der Waals surface area contributed by atoms with E-state index in [9.17, 15) is 33.6 Å². The van der Waals surface area contributed by atoms with Crippen molar-refractivity contribution in [1.82, 2.24) is 35.6 Å². The van der Waals surface area contributed by atoms with Crippen molar-refractivity contribution in [2.45, 2.75) is 154 Å². The molecule has 3 aliphatic rings. The summed E-state index contributed by atoms with van der Waals surface area (Å²) in [5, 5.41) is 8.74. The van der Waals surface area contributed by atoms with E-state index in [1.54, 1.807) is 26.0 Å². The van der Waals surface area contributed by atoms with Crippen molar-refractivity contribution in [3.8, 4) is 0 Å². The first-order chi connectivity index (χ1) is 31.4. The minimum atomic E-state index is -0.861. The first-order valence-electron chi connectivity index (χ1n) is 24.2. The second kappa shape index (κ2) is 25.6. The van der Waals surface area contributed by atoms with Crippen LogP contribution in [0.3, 0.4) is 0 Å². The minimum absolute atomic E-state index is 0.0190. The van der Waals surface area contributed by atoms with Crippen molar-refractivity contribution < 1.29 is 43.0 Å². The second-order valence-electron chi connectivity index (χ2n) is 19.2. The van der Waals surface area contributed by atoms with Gasteiger partial charge in [0.2, 0.25) is 29.5 Å². The number of ether oxygens (including phenoxy) is 2. The minimum Gasteiger partial charge on any atom is -0.379 e. The van der Waals surface area contributed by atoms with Crippen LogP contribution in [-0.2, 0) is 49.5 Å². The molecule has 1 aromatic carbocycles. The van der Waals surface area contributed by atoms with E-state index in [4.69, 9.17) is 9.47 Å². The molecule has 0 bridgehead atoms. The number of unbranched alkanes of at least 4 members (excludes halogenated alkanes) is 3. The molecule has 0 aliphatic carbocycles. The molecule has 0 radical (unpaired) electrons. The van der Waals surface area contributed by atoms with Crippen LogP contribution in [-0.4, -0.2) is 157 Å². The van der Waals surface area contributed by atoms with Gasteiger partial charge in [-0.05, 0) is 83.5 Å². The number of likely N-dealkylation sites (tertiary alicyclic amines) is 2. The van der Waals surface area contributed by atoms with Crippen LogP contribution in [0.1, 0.15) is 111 Å². The number of methoxy groups -OCH3 is 2. The lowest BCUT2D eigenvalue weighted by molar-refractivity contribution is -0.145. The Balaban J connectivity index is 1.41. The lowest BCUT2D eigenvalue weighted by Crippen LogP contribution is -2.61. The molecular formula is C50H79N7O9. The molecule has 66 heavy (non-hydrogen) atoms. The van der Waals surface area contributed by atoms with E-state index in [1.807, 2.05) is 75.0 Å². The van der Waals surface area contributed by atoms with Crippen molar-refractivity contribution in [3.63, 3.8) is 0 Å². The fourth-order valence-electron chi connectivity index (χ4n) is 10.1. The number of carbonyl (C=O) groups excluding carboxylic acids is 7. The molecule has 0 aromatic heterocycles. The topological polar surface area (TPSA) is 187 Å². The zero-order chi connectivity index (χ0) is 48.7. The third-order valence-electron chi connectivity index (χ3n) is 14.4. The summed E-state index contributed by atoms with van der Waals surface area (Å²) in [5.74, 6) is -2.93. The third kappa shape index (κ3) is 13.8. The molecule has 7 amide bonds. The molecule has 368 valence electrons. The van der Waals surface area contributed by atoms with Gasteiger partial charge in [-0.25, -0.2) is 0 Å². The van der Waals surface area contributed by atoms with Crippen molar-refractivity contribution in [2.24, 2.45) is 17.8 Å². The predicted octanol–water partition coefficient (Wildman–Crippen LogP) is 3.86. The maximum atomic E-state index is 14.5. The summed E-state index contributed by atoms with van der Waals surface area (Å²) in [4.78, 5) is 100. The molecule has 0 unspecified atom stereocenters. The molecule has 0 saturated carbocycles. The van der Waals surface area contributed by atoms with Gasteiger partial charge in [0.25, 0.3) is 11.8 Å². The van der Waals surface area contributed by atoms with Crippen LogP contribution < -0.4 is 16.0 Å². The number of likely N-dealkylation sites (N-methyl/N-ethyl adjacent to an activating group) is 2. The summed E-state index contributed by atoms with van der Waals surface area (Å²) in [6.45, 7) is 13.7. The number of hydrogen-bond donors (Lipinski definition) is 3. The largest absolute Gasteiger partial charge is 0.379 e. The number of rotatable bonds is 26. The maximum Gasteiger partial charge on any atom is 0.253 e. The molecule has 9 atom stereocenters.